The number of benzene rings is 2. The molecule has 0 heterocycles. The summed E-state index contributed by atoms with van der Waals surface area (Å²) in [5.74, 6) is 0. The van der Waals surface area contributed by atoms with Crippen molar-refractivity contribution in [3.05, 3.63) is 47.5 Å². The van der Waals surface area contributed by atoms with E-state index < -0.39 is 0 Å². The number of unbranched alkanes of at least 4 members (excludes halogenated alkanes) is 1. The molecule has 1 heteroatoms. The number of aryl methyl sites for hydroxylation is 1. The van der Waals surface area contributed by atoms with E-state index in [-0.39, 0.29) is 0 Å². The zero-order valence-electron chi connectivity index (χ0n) is 9.67. The molecule has 0 aliphatic carbocycles. The SMILES string of the molecule is CCCCc1ccc2ccccc2c1CBr. The van der Waals surface area contributed by atoms with Crippen LogP contribution in [0.4, 0.5) is 0 Å². The number of halogens is 1. The fourth-order valence-corrected chi connectivity index (χ4v) is 2.80. The van der Waals surface area contributed by atoms with Crippen LogP contribution in [0.25, 0.3) is 10.8 Å². The van der Waals surface area contributed by atoms with Gasteiger partial charge in [-0.1, -0.05) is 65.7 Å². The van der Waals surface area contributed by atoms with E-state index >= 15 is 0 Å². The predicted octanol–water partition coefficient (Wildman–Crippen LogP) is 5.08. The van der Waals surface area contributed by atoms with Crippen molar-refractivity contribution in [2.24, 2.45) is 0 Å². The molecule has 0 fully saturated rings. The second-order valence-corrected chi connectivity index (χ2v) is 4.72. The third kappa shape index (κ3) is 2.30. The van der Waals surface area contributed by atoms with E-state index in [9.17, 15) is 0 Å². The topological polar surface area (TPSA) is 0 Å². The van der Waals surface area contributed by atoms with Gasteiger partial charge in [-0.2, -0.15) is 0 Å². The molecule has 0 nitrogen and oxygen atoms in total. The van der Waals surface area contributed by atoms with Gasteiger partial charge >= 0.3 is 0 Å². The molecule has 0 atom stereocenters. The van der Waals surface area contributed by atoms with Crippen LogP contribution in [-0.4, -0.2) is 0 Å². The molecule has 0 radical (unpaired) electrons. The Hall–Kier alpha value is -0.820. The molecule has 84 valence electrons. The average molecular weight is 277 g/mol. The molecule has 0 amide bonds. The Kier molecular flexibility index (Phi) is 4.00. The van der Waals surface area contributed by atoms with Crippen molar-refractivity contribution < 1.29 is 0 Å². The van der Waals surface area contributed by atoms with E-state index in [2.05, 4.69) is 59.3 Å². The summed E-state index contributed by atoms with van der Waals surface area (Å²) in [4.78, 5) is 0. The van der Waals surface area contributed by atoms with Gasteiger partial charge in [0.15, 0.2) is 0 Å². The van der Waals surface area contributed by atoms with Crippen LogP contribution in [0.1, 0.15) is 30.9 Å². The Morgan fingerprint density at radius 1 is 1.06 bits per heavy atom. The lowest BCUT2D eigenvalue weighted by molar-refractivity contribution is 0.792. The molecule has 0 aliphatic heterocycles. The normalized spacial score (nSPS) is 10.9. The number of rotatable bonds is 4. The summed E-state index contributed by atoms with van der Waals surface area (Å²) in [6, 6.07) is 13.2. The highest BCUT2D eigenvalue weighted by atomic mass is 79.9. The van der Waals surface area contributed by atoms with E-state index in [0.717, 1.165) is 5.33 Å². The van der Waals surface area contributed by atoms with Crippen LogP contribution in [0, 0.1) is 0 Å². The van der Waals surface area contributed by atoms with Gasteiger partial charge in [-0.25, -0.2) is 0 Å². The molecule has 0 saturated carbocycles. The van der Waals surface area contributed by atoms with Gasteiger partial charge < -0.3 is 0 Å². The van der Waals surface area contributed by atoms with Gasteiger partial charge in [-0.15, -0.1) is 0 Å². The zero-order valence-corrected chi connectivity index (χ0v) is 11.3. The Morgan fingerprint density at radius 3 is 2.62 bits per heavy atom. The molecule has 0 bridgehead atoms. The van der Waals surface area contributed by atoms with Crippen molar-refractivity contribution in [1.29, 1.82) is 0 Å². The third-order valence-corrected chi connectivity index (χ3v) is 3.63. The predicted molar refractivity (Wildman–Crippen MR) is 75.2 cm³/mol. The second-order valence-electron chi connectivity index (χ2n) is 4.16. The summed E-state index contributed by atoms with van der Waals surface area (Å²) in [5, 5.41) is 3.69. The standard InChI is InChI=1S/C15H17Br/c1-2-3-6-13-10-9-12-7-4-5-8-14(12)15(13)11-16/h4-5,7-10H,2-3,6,11H2,1H3. The summed E-state index contributed by atoms with van der Waals surface area (Å²) in [6.07, 6.45) is 3.73. The average Bonchev–Trinajstić information content (AvgIpc) is 2.35. The zero-order chi connectivity index (χ0) is 11.4. The maximum atomic E-state index is 3.62. The summed E-state index contributed by atoms with van der Waals surface area (Å²) >= 11 is 3.62. The molecule has 2 aromatic rings. The minimum absolute atomic E-state index is 0.952. The summed E-state index contributed by atoms with van der Waals surface area (Å²) in [7, 11) is 0. The molecule has 0 aromatic heterocycles. The molecule has 0 spiro atoms. The van der Waals surface area contributed by atoms with Gasteiger partial charge in [0.25, 0.3) is 0 Å². The first kappa shape index (κ1) is 11.7. The van der Waals surface area contributed by atoms with Crippen LogP contribution in [0.15, 0.2) is 36.4 Å². The summed E-state index contributed by atoms with van der Waals surface area (Å²) in [5.41, 5.74) is 2.96. The molecule has 16 heavy (non-hydrogen) atoms. The van der Waals surface area contributed by atoms with Crippen LogP contribution in [0.5, 0.6) is 0 Å². The van der Waals surface area contributed by atoms with Gasteiger partial charge in [-0.05, 0) is 34.7 Å². The van der Waals surface area contributed by atoms with Gasteiger partial charge in [0.1, 0.15) is 0 Å². The minimum atomic E-state index is 0.952. The highest BCUT2D eigenvalue weighted by molar-refractivity contribution is 9.08. The van der Waals surface area contributed by atoms with Crippen molar-refractivity contribution >= 4 is 26.7 Å². The maximum absolute atomic E-state index is 3.62. The number of hydrogen-bond acceptors (Lipinski definition) is 0. The molecule has 2 aromatic carbocycles. The van der Waals surface area contributed by atoms with Crippen LogP contribution in [0.2, 0.25) is 0 Å². The lowest BCUT2D eigenvalue weighted by atomic mass is 9.97. The monoisotopic (exact) mass is 276 g/mol. The third-order valence-electron chi connectivity index (χ3n) is 3.07. The number of alkyl halides is 1. The minimum Gasteiger partial charge on any atom is -0.0876 e. The molecule has 0 N–H and O–H groups in total. The van der Waals surface area contributed by atoms with Gasteiger partial charge in [0, 0.05) is 5.33 Å². The van der Waals surface area contributed by atoms with E-state index in [1.165, 1.54) is 41.2 Å². The molecule has 0 saturated heterocycles. The van der Waals surface area contributed by atoms with Gasteiger partial charge in [0.05, 0.1) is 0 Å². The maximum Gasteiger partial charge on any atom is 0.0291 e. The van der Waals surface area contributed by atoms with Crippen molar-refractivity contribution in [3.63, 3.8) is 0 Å². The van der Waals surface area contributed by atoms with Crippen LogP contribution in [-0.2, 0) is 11.8 Å². The lowest BCUT2D eigenvalue weighted by Crippen LogP contribution is -1.93. The van der Waals surface area contributed by atoms with E-state index in [0.29, 0.717) is 0 Å². The second kappa shape index (κ2) is 5.49. The first-order chi connectivity index (χ1) is 7.86. The summed E-state index contributed by atoms with van der Waals surface area (Å²) in [6.45, 7) is 2.24. The number of fused-ring (bicyclic) bond motifs is 1. The largest absolute Gasteiger partial charge is 0.0876 e. The quantitative estimate of drug-likeness (QED) is 0.684. The number of hydrogen-bond donors (Lipinski definition) is 0. The van der Waals surface area contributed by atoms with Gasteiger partial charge in [-0.3, -0.25) is 0 Å². The van der Waals surface area contributed by atoms with Crippen molar-refractivity contribution in [2.45, 2.75) is 31.5 Å². The molecular formula is C15H17Br. The van der Waals surface area contributed by atoms with Crippen LogP contribution >= 0.6 is 15.9 Å². The highest BCUT2D eigenvalue weighted by Crippen LogP contribution is 2.25. The lowest BCUT2D eigenvalue weighted by Gasteiger charge is -2.10. The Balaban J connectivity index is 2.50. The van der Waals surface area contributed by atoms with Crippen LogP contribution < -0.4 is 0 Å². The Morgan fingerprint density at radius 2 is 1.88 bits per heavy atom. The van der Waals surface area contributed by atoms with Crippen molar-refractivity contribution in [1.82, 2.24) is 0 Å². The summed E-state index contributed by atoms with van der Waals surface area (Å²) < 4.78 is 0. The van der Waals surface area contributed by atoms with Crippen molar-refractivity contribution in [2.75, 3.05) is 0 Å². The molecule has 2 rings (SSSR count). The molecule has 0 unspecified atom stereocenters. The molecule has 0 aliphatic rings. The van der Waals surface area contributed by atoms with E-state index in [4.69, 9.17) is 0 Å². The van der Waals surface area contributed by atoms with Crippen LogP contribution in [0.3, 0.4) is 0 Å². The first-order valence-electron chi connectivity index (χ1n) is 5.92. The fourth-order valence-electron chi connectivity index (χ4n) is 2.14. The first-order valence-corrected chi connectivity index (χ1v) is 7.04. The van der Waals surface area contributed by atoms with E-state index in [1.807, 2.05) is 0 Å². The van der Waals surface area contributed by atoms with Crippen molar-refractivity contribution in [3.8, 4) is 0 Å². The fraction of sp³-hybridized carbons (Fsp3) is 0.333. The smallest absolute Gasteiger partial charge is 0.0291 e. The van der Waals surface area contributed by atoms with Gasteiger partial charge in [0.2, 0.25) is 0 Å². The highest BCUT2D eigenvalue weighted by Gasteiger charge is 2.05. The Labute approximate surface area is 106 Å². The van der Waals surface area contributed by atoms with E-state index in [1.54, 1.807) is 0 Å². The Bertz CT molecular complexity index is 474. The molecular weight excluding hydrogens is 260 g/mol.